The fraction of sp³-hybridized carbons (Fsp3) is 0.417. The molecule has 0 aliphatic rings. The molecule has 0 radical (unpaired) electrons. The van der Waals surface area contributed by atoms with Crippen molar-refractivity contribution in [3.63, 3.8) is 0 Å². The summed E-state index contributed by atoms with van der Waals surface area (Å²) >= 11 is 0. The van der Waals surface area contributed by atoms with Crippen LogP contribution in [0.1, 0.15) is 19.8 Å². The number of hydrogen-bond donors (Lipinski definition) is 1. The maximum Gasteiger partial charge on any atom is 0.305 e. The standard InChI is InChI=1S/C12H16N2O5/c1-2-18-12(15)4-3-7-19-11-8-9(14(16)17)5-6-10(11)13/h5-6,8H,2-4,7,13H2,1H3. The zero-order chi connectivity index (χ0) is 14.3. The Kier molecular flexibility index (Phi) is 5.59. The van der Waals surface area contributed by atoms with Gasteiger partial charge in [0.05, 0.1) is 29.9 Å². The maximum absolute atomic E-state index is 11.1. The number of carbonyl (C=O) groups excluding carboxylic acids is 1. The average molecular weight is 268 g/mol. The first kappa shape index (κ1) is 14.7. The van der Waals surface area contributed by atoms with Crippen LogP contribution in [0.15, 0.2) is 18.2 Å². The van der Waals surface area contributed by atoms with E-state index in [0.717, 1.165) is 0 Å². The van der Waals surface area contributed by atoms with Crippen LogP contribution in [-0.2, 0) is 9.53 Å². The molecule has 0 saturated carbocycles. The lowest BCUT2D eigenvalue weighted by atomic mass is 10.2. The van der Waals surface area contributed by atoms with Gasteiger partial charge in [0.25, 0.3) is 5.69 Å². The molecule has 0 saturated heterocycles. The molecule has 0 heterocycles. The van der Waals surface area contributed by atoms with Gasteiger partial charge in [-0.3, -0.25) is 14.9 Å². The lowest BCUT2D eigenvalue weighted by Gasteiger charge is -2.08. The van der Waals surface area contributed by atoms with Crippen LogP contribution in [0.3, 0.4) is 0 Å². The number of nitrogen functional groups attached to an aromatic ring is 1. The Bertz CT molecular complexity index is 461. The zero-order valence-corrected chi connectivity index (χ0v) is 10.6. The first-order chi connectivity index (χ1) is 9.04. The van der Waals surface area contributed by atoms with Gasteiger partial charge in [0.15, 0.2) is 0 Å². The van der Waals surface area contributed by atoms with Crippen molar-refractivity contribution in [2.24, 2.45) is 0 Å². The van der Waals surface area contributed by atoms with Crippen molar-refractivity contribution in [3.8, 4) is 5.75 Å². The molecule has 0 amide bonds. The summed E-state index contributed by atoms with van der Waals surface area (Å²) in [5.41, 5.74) is 5.87. The summed E-state index contributed by atoms with van der Waals surface area (Å²) < 4.78 is 10.1. The third-order valence-corrected chi connectivity index (χ3v) is 2.30. The van der Waals surface area contributed by atoms with Gasteiger partial charge in [0.2, 0.25) is 0 Å². The summed E-state index contributed by atoms with van der Waals surface area (Å²) in [4.78, 5) is 21.2. The predicted octanol–water partition coefficient (Wildman–Crippen LogP) is 1.90. The molecule has 7 nitrogen and oxygen atoms in total. The summed E-state index contributed by atoms with van der Waals surface area (Å²) in [5, 5.41) is 10.6. The molecule has 19 heavy (non-hydrogen) atoms. The summed E-state index contributed by atoms with van der Waals surface area (Å²) in [6.45, 7) is 2.32. The Hall–Kier alpha value is -2.31. The number of hydrogen-bond acceptors (Lipinski definition) is 6. The van der Waals surface area contributed by atoms with Crippen molar-refractivity contribution in [1.82, 2.24) is 0 Å². The molecule has 2 N–H and O–H groups in total. The molecule has 0 aliphatic carbocycles. The lowest BCUT2D eigenvalue weighted by molar-refractivity contribution is -0.384. The van der Waals surface area contributed by atoms with E-state index in [1.54, 1.807) is 6.92 Å². The fourth-order valence-corrected chi connectivity index (χ4v) is 1.39. The maximum atomic E-state index is 11.1. The molecule has 0 spiro atoms. The van der Waals surface area contributed by atoms with E-state index in [4.69, 9.17) is 15.2 Å². The van der Waals surface area contributed by atoms with E-state index >= 15 is 0 Å². The Balaban J connectivity index is 2.46. The topological polar surface area (TPSA) is 105 Å². The molecular weight excluding hydrogens is 252 g/mol. The Morgan fingerprint density at radius 1 is 1.47 bits per heavy atom. The van der Waals surface area contributed by atoms with Gasteiger partial charge >= 0.3 is 5.97 Å². The monoisotopic (exact) mass is 268 g/mol. The number of nitro groups is 1. The highest BCUT2D eigenvalue weighted by Crippen LogP contribution is 2.26. The minimum atomic E-state index is -0.523. The molecule has 1 aromatic carbocycles. The van der Waals surface area contributed by atoms with Crippen LogP contribution < -0.4 is 10.5 Å². The quantitative estimate of drug-likeness (QED) is 0.266. The normalized spacial score (nSPS) is 9.95. The summed E-state index contributed by atoms with van der Waals surface area (Å²) in [6.07, 6.45) is 0.698. The van der Waals surface area contributed by atoms with Crippen LogP contribution in [0.4, 0.5) is 11.4 Å². The minimum absolute atomic E-state index is 0.0883. The van der Waals surface area contributed by atoms with E-state index in [-0.39, 0.29) is 30.4 Å². The molecule has 1 aromatic rings. The van der Waals surface area contributed by atoms with E-state index in [0.29, 0.717) is 18.7 Å². The Morgan fingerprint density at radius 2 is 2.21 bits per heavy atom. The van der Waals surface area contributed by atoms with Crippen LogP contribution in [0.5, 0.6) is 5.75 Å². The smallest absolute Gasteiger partial charge is 0.305 e. The molecule has 0 aromatic heterocycles. The highest BCUT2D eigenvalue weighted by atomic mass is 16.6. The van der Waals surface area contributed by atoms with Gasteiger partial charge < -0.3 is 15.2 Å². The minimum Gasteiger partial charge on any atom is -0.491 e. The number of rotatable bonds is 7. The van der Waals surface area contributed by atoms with Gasteiger partial charge in [-0.25, -0.2) is 0 Å². The van der Waals surface area contributed by atoms with E-state index in [1.807, 2.05) is 0 Å². The zero-order valence-electron chi connectivity index (χ0n) is 10.6. The fourth-order valence-electron chi connectivity index (χ4n) is 1.39. The number of esters is 1. The number of nitrogens with two attached hydrogens (primary N) is 1. The second kappa shape index (κ2) is 7.20. The molecule has 0 aliphatic heterocycles. The number of non-ortho nitro benzene ring substituents is 1. The van der Waals surface area contributed by atoms with Gasteiger partial charge in [-0.2, -0.15) is 0 Å². The third-order valence-electron chi connectivity index (χ3n) is 2.30. The second-order valence-electron chi connectivity index (χ2n) is 3.74. The van der Waals surface area contributed by atoms with Crippen molar-refractivity contribution < 1.29 is 19.2 Å². The highest BCUT2D eigenvalue weighted by molar-refractivity contribution is 5.69. The van der Waals surface area contributed by atoms with Gasteiger partial charge in [0, 0.05) is 12.5 Å². The molecule has 0 fully saturated rings. The van der Waals surface area contributed by atoms with Gasteiger partial charge in [-0.15, -0.1) is 0 Å². The summed E-state index contributed by atoms with van der Waals surface area (Å²) in [7, 11) is 0. The number of nitro benzene ring substituents is 1. The van der Waals surface area contributed by atoms with E-state index < -0.39 is 4.92 Å². The number of benzene rings is 1. The third kappa shape index (κ3) is 4.82. The number of carbonyl (C=O) groups is 1. The van der Waals surface area contributed by atoms with Gasteiger partial charge in [0.1, 0.15) is 5.75 Å². The van der Waals surface area contributed by atoms with Crippen LogP contribution in [0, 0.1) is 10.1 Å². The lowest BCUT2D eigenvalue weighted by Crippen LogP contribution is -2.07. The number of ether oxygens (including phenoxy) is 2. The molecule has 0 atom stereocenters. The molecule has 0 unspecified atom stereocenters. The second-order valence-corrected chi connectivity index (χ2v) is 3.74. The van der Waals surface area contributed by atoms with Crippen molar-refractivity contribution in [1.29, 1.82) is 0 Å². The van der Waals surface area contributed by atoms with Crippen molar-refractivity contribution >= 4 is 17.3 Å². The highest BCUT2D eigenvalue weighted by Gasteiger charge is 2.10. The summed E-state index contributed by atoms with van der Waals surface area (Å²) in [6, 6.07) is 3.99. The predicted molar refractivity (Wildman–Crippen MR) is 68.9 cm³/mol. The molecule has 7 heteroatoms. The largest absolute Gasteiger partial charge is 0.491 e. The summed E-state index contributed by atoms with van der Waals surface area (Å²) in [5.74, 6) is -0.0452. The average Bonchev–Trinajstić information content (AvgIpc) is 2.36. The van der Waals surface area contributed by atoms with Crippen LogP contribution in [0.25, 0.3) is 0 Å². The molecule has 1 rings (SSSR count). The van der Waals surface area contributed by atoms with E-state index in [2.05, 4.69) is 0 Å². The van der Waals surface area contributed by atoms with Crippen molar-refractivity contribution in [2.45, 2.75) is 19.8 Å². The van der Waals surface area contributed by atoms with Gasteiger partial charge in [-0.05, 0) is 19.4 Å². The van der Waals surface area contributed by atoms with Crippen molar-refractivity contribution in [2.75, 3.05) is 18.9 Å². The Labute approximate surface area is 110 Å². The number of nitrogens with zero attached hydrogens (tertiary/aromatic N) is 1. The SMILES string of the molecule is CCOC(=O)CCCOc1cc([N+](=O)[O-])ccc1N. The number of anilines is 1. The molecular formula is C12H16N2O5. The first-order valence-electron chi connectivity index (χ1n) is 5.87. The van der Waals surface area contributed by atoms with Crippen LogP contribution >= 0.6 is 0 Å². The molecule has 104 valence electrons. The van der Waals surface area contributed by atoms with Crippen LogP contribution in [0.2, 0.25) is 0 Å². The van der Waals surface area contributed by atoms with Gasteiger partial charge in [-0.1, -0.05) is 0 Å². The van der Waals surface area contributed by atoms with Crippen LogP contribution in [-0.4, -0.2) is 24.1 Å². The first-order valence-corrected chi connectivity index (χ1v) is 5.87. The van der Waals surface area contributed by atoms with E-state index in [1.165, 1.54) is 18.2 Å². The van der Waals surface area contributed by atoms with Crippen molar-refractivity contribution in [3.05, 3.63) is 28.3 Å². The Morgan fingerprint density at radius 3 is 2.84 bits per heavy atom. The van der Waals surface area contributed by atoms with E-state index in [9.17, 15) is 14.9 Å². The molecule has 0 bridgehead atoms.